The van der Waals surface area contributed by atoms with Crippen molar-refractivity contribution in [3.63, 3.8) is 0 Å². The maximum Gasteiger partial charge on any atom is 0.159 e. The number of rotatable bonds is 6. The van der Waals surface area contributed by atoms with Gasteiger partial charge >= 0.3 is 0 Å². The monoisotopic (exact) mass is 331 g/mol. The molecule has 24 heavy (non-hydrogen) atoms. The Morgan fingerprint density at radius 1 is 1.29 bits per heavy atom. The lowest BCUT2D eigenvalue weighted by Crippen LogP contribution is -2.34. The molecule has 0 heterocycles. The van der Waals surface area contributed by atoms with Crippen LogP contribution in [-0.4, -0.2) is 28.7 Å². The van der Waals surface area contributed by atoms with Crippen molar-refractivity contribution in [1.82, 2.24) is 4.90 Å². The van der Waals surface area contributed by atoms with Gasteiger partial charge in [-0.3, -0.25) is 4.90 Å². The summed E-state index contributed by atoms with van der Waals surface area (Å²) in [6.07, 6.45) is 5.32. The lowest BCUT2D eigenvalue weighted by Gasteiger charge is -2.33. The smallest absolute Gasteiger partial charge is 0.159 e. The fourth-order valence-electron chi connectivity index (χ4n) is 3.36. The van der Waals surface area contributed by atoms with Crippen molar-refractivity contribution in [3.8, 4) is 5.75 Å². The van der Waals surface area contributed by atoms with E-state index >= 15 is 0 Å². The number of ether oxygens (including phenoxy) is 1. The third-order valence-electron chi connectivity index (χ3n) is 5.34. The van der Waals surface area contributed by atoms with E-state index < -0.39 is 5.60 Å². The standard InChI is InChI=1S/C21H33NO2/c1-15-7-10-19(11-8-15)22(6)14-18-9-12-20(16(2)13-18)24-21(4,5)17(3)23/h9,12-13,15,19,23H,3,7-8,10-11,14H2,1-2,4-6H3. The number of benzene rings is 1. The summed E-state index contributed by atoms with van der Waals surface area (Å²) in [6, 6.07) is 7.02. The first-order valence-corrected chi connectivity index (χ1v) is 9.06. The van der Waals surface area contributed by atoms with Gasteiger partial charge in [0.25, 0.3) is 0 Å². The fourth-order valence-corrected chi connectivity index (χ4v) is 3.36. The maximum atomic E-state index is 9.64. The minimum absolute atomic E-state index is 0.0391. The molecule has 0 bridgehead atoms. The second-order valence-corrected chi connectivity index (χ2v) is 7.99. The van der Waals surface area contributed by atoms with Crippen LogP contribution >= 0.6 is 0 Å². The van der Waals surface area contributed by atoms with Gasteiger partial charge < -0.3 is 9.84 Å². The number of aliphatic hydroxyl groups excluding tert-OH is 1. The van der Waals surface area contributed by atoms with Crippen molar-refractivity contribution in [2.24, 2.45) is 5.92 Å². The Bertz CT molecular complexity index is 571. The molecule has 0 atom stereocenters. The lowest BCUT2D eigenvalue weighted by atomic mass is 9.86. The molecule has 1 aliphatic carbocycles. The summed E-state index contributed by atoms with van der Waals surface area (Å²) >= 11 is 0. The molecule has 134 valence electrons. The summed E-state index contributed by atoms with van der Waals surface area (Å²) in [6.45, 7) is 12.6. The Kier molecular flexibility index (Phi) is 5.97. The van der Waals surface area contributed by atoms with Crippen LogP contribution in [0.15, 0.2) is 30.5 Å². The molecule has 0 saturated heterocycles. The topological polar surface area (TPSA) is 32.7 Å². The molecule has 3 nitrogen and oxygen atoms in total. The molecule has 1 aromatic carbocycles. The van der Waals surface area contributed by atoms with Crippen molar-refractivity contribution < 1.29 is 9.84 Å². The van der Waals surface area contributed by atoms with Crippen molar-refractivity contribution in [3.05, 3.63) is 41.7 Å². The number of nitrogens with zero attached hydrogens (tertiary/aromatic N) is 1. The number of hydrogen-bond acceptors (Lipinski definition) is 3. The van der Waals surface area contributed by atoms with Gasteiger partial charge in [0, 0.05) is 12.6 Å². The fraction of sp³-hybridized carbons (Fsp3) is 0.619. The van der Waals surface area contributed by atoms with Crippen LogP contribution < -0.4 is 4.74 Å². The highest BCUT2D eigenvalue weighted by atomic mass is 16.5. The molecule has 0 amide bonds. The first-order chi connectivity index (χ1) is 11.2. The third-order valence-corrected chi connectivity index (χ3v) is 5.34. The molecule has 1 N–H and O–H groups in total. The molecule has 1 aromatic rings. The van der Waals surface area contributed by atoms with Gasteiger partial charge in [-0.2, -0.15) is 0 Å². The van der Waals surface area contributed by atoms with Crippen LogP contribution in [0.4, 0.5) is 0 Å². The molecular formula is C21H33NO2. The Morgan fingerprint density at radius 2 is 1.92 bits per heavy atom. The molecule has 0 unspecified atom stereocenters. The molecule has 0 radical (unpaired) electrons. The minimum atomic E-state index is -0.776. The van der Waals surface area contributed by atoms with E-state index in [1.807, 2.05) is 19.9 Å². The van der Waals surface area contributed by atoms with Crippen LogP contribution in [0.2, 0.25) is 0 Å². The number of hydrogen-bond donors (Lipinski definition) is 1. The first kappa shape index (κ1) is 18.9. The van der Waals surface area contributed by atoms with Gasteiger partial charge in [0.1, 0.15) is 11.5 Å². The zero-order valence-corrected chi connectivity index (χ0v) is 15.9. The number of aryl methyl sites for hydroxylation is 1. The van der Waals surface area contributed by atoms with Crippen LogP contribution in [0.1, 0.15) is 57.6 Å². The lowest BCUT2D eigenvalue weighted by molar-refractivity contribution is 0.0965. The van der Waals surface area contributed by atoms with Crippen LogP contribution in [-0.2, 0) is 6.54 Å². The summed E-state index contributed by atoms with van der Waals surface area (Å²) in [7, 11) is 2.24. The molecule has 0 aromatic heterocycles. The van der Waals surface area contributed by atoms with Gasteiger partial charge in [-0.15, -0.1) is 0 Å². The Hall–Kier alpha value is -1.48. The van der Waals surface area contributed by atoms with Crippen molar-refractivity contribution in [2.45, 2.75) is 71.6 Å². The van der Waals surface area contributed by atoms with E-state index in [9.17, 15) is 5.11 Å². The van der Waals surface area contributed by atoms with Crippen molar-refractivity contribution >= 4 is 0 Å². The van der Waals surface area contributed by atoms with Gasteiger partial charge in [-0.25, -0.2) is 0 Å². The largest absolute Gasteiger partial charge is 0.509 e. The zero-order chi connectivity index (χ0) is 17.9. The van der Waals surface area contributed by atoms with Crippen LogP contribution in [0.3, 0.4) is 0 Å². The van der Waals surface area contributed by atoms with Gasteiger partial charge in [-0.05, 0) is 76.6 Å². The van der Waals surface area contributed by atoms with Crippen molar-refractivity contribution in [1.29, 1.82) is 0 Å². The summed E-state index contributed by atoms with van der Waals surface area (Å²) in [4.78, 5) is 2.49. The van der Waals surface area contributed by atoms with E-state index in [2.05, 4.69) is 44.5 Å². The molecule has 0 spiro atoms. The Balaban J connectivity index is 2.00. The highest BCUT2D eigenvalue weighted by Crippen LogP contribution is 2.29. The van der Waals surface area contributed by atoms with E-state index in [1.165, 1.54) is 31.2 Å². The second-order valence-electron chi connectivity index (χ2n) is 7.99. The van der Waals surface area contributed by atoms with Crippen LogP contribution in [0.25, 0.3) is 0 Å². The molecule has 2 rings (SSSR count). The molecule has 1 saturated carbocycles. The van der Waals surface area contributed by atoms with Gasteiger partial charge in [-0.1, -0.05) is 25.6 Å². The average Bonchev–Trinajstić information content (AvgIpc) is 2.50. The molecule has 1 fully saturated rings. The maximum absolute atomic E-state index is 9.64. The summed E-state index contributed by atoms with van der Waals surface area (Å²) in [5.74, 6) is 1.73. The number of aliphatic hydroxyl groups is 1. The van der Waals surface area contributed by atoms with E-state index in [1.54, 1.807) is 0 Å². The quantitative estimate of drug-likeness (QED) is 0.724. The van der Waals surface area contributed by atoms with E-state index in [4.69, 9.17) is 4.74 Å². The zero-order valence-electron chi connectivity index (χ0n) is 15.9. The van der Waals surface area contributed by atoms with Crippen LogP contribution in [0.5, 0.6) is 5.75 Å². The van der Waals surface area contributed by atoms with Crippen LogP contribution in [0, 0.1) is 12.8 Å². The Labute approximate surface area is 147 Å². The summed E-state index contributed by atoms with van der Waals surface area (Å²) in [5.41, 5.74) is 1.62. The highest BCUT2D eigenvalue weighted by Gasteiger charge is 2.25. The normalized spacial score (nSPS) is 21.8. The summed E-state index contributed by atoms with van der Waals surface area (Å²) in [5, 5.41) is 9.64. The van der Waals surface area contributed by atoms with E-state index in [0.717, 1.165) is 23.8 Å². The minimum Gasteiger partial charge on any atom is -0.509 e. The predicted octanol–water partition coefficient (Wildman–Crippen LogP) is 5.23. The molecule has 1 aliphatic rings. The van der Waals surface area contributed by atoms with E-state index in [-0.39, 0.29) is 5.76 Å². The average molecular weight is 332 g/mol. The third kappa shape index (κ3) is 4.76. The van der Waals surface area contributed by atoms with Gasteiger partial charge in [0.05, 0.1) is 0 Å². The molecule has 3 heteroatoms. The predicted molar refractivity (Wildman–Crippen MR) is 101 cm³/mol. The SMILES string of the molecule is C=C(O)C(C)(C)Oc1ccc(CN(C)C2CCC(C)CC2)cc1C. The van der Waals surface area contributed by atoms with Crippen molar-refractivity contribution in [2.75, 3.05) is 7.05 Å². The van der Waals surface area contributed by atoms with Gasteiger partial charge in [0.15, 0.2) is 5.60 Å². The Morgan fingerprint density at radius 3 is 2.46 bits per heavy atom. The van der Waals surface area contributed by atoms with E-state index in [0.29, 0.717) is 6.04 Å². The first-order valence-electron chi connectivity index (χ1n) is 9.06. The summed E-state index contributed by atoms with van der Waals surface area (Å²) < 4.78 is 5.92. The molecular weight excluding hydrogens is 298 g/mol. The second kappa shape index (κ2) is 7.60. The van der Waals surface area contributed by atoms with Gasteiger partial charge in [0.2, 0.25) is 0 Å². The highest BCUT2D eigenvalue weighted by molar-refractivity contribution is 5.37. The molecule has 0 aliphatic heterocycles.